The summed E-state index contributed by atoms with van der Waals surface area (Å²) in [7, 11) is 0. The minimum atomic E-state index is -1.18. The highest BCUT2D eigenvalue weighted by Gasteiger charge is 2.33. The van der Waals surface area contributed by atoms with Crippen LogP contribution in [0.1, 0.15) is 46.6 Å². The quantitative estimate of drug-likeness (QED) is 0.304. The number of amides is 3. The van der Waals surface area contributed by atoms with E-state index in [1.807, 2.05) is 6.92 Å². The Labute approximate surface area is 199 Å². The number of nitrogens with one attached hydrogen (secondary N) is 3. The summed E-state index contributed by atoms with van der Waals surface area (Å²) in [6, 6.07) is 3.09. The van der Waals surface area contributed by atoms with Gasteiger partial charge in [-0.25, -0.2) is 0 Å². The second-order valence-electron chi connectivity index (χ2n) is 8.61. The molecule has 6 N–H and O–H groups in total. The maximum absolute atomic E-state index is 13.0. The van der Waals surface area contributed by atoms with E-state index in [0.717, 1.165) is 5.56 Å². The van der Waals surface area contributed by atoms with Gasteiger partial charge in [0.25, 0.3) is 0 Å². The van der Waals surface area contributed by atoms with Gasteiger partial charge < -0.3 is 26.8 Å². The molecule has 1 aromatic rings. The number of hydrogen-bond acceptors (Lipinski definition) is 5. The lowest BCUT2D eigenvalue weighted by Gasteiger charge is -2.29. The predicted octanol–water partition coefficient (Wildman–Crippen LogP) is 1.47. The van der Waals surface area contributed by atoms with Crippen molar-refractivity contribution >= 4 is 35.3 Å². The van der Waals surface area contributed by atoms with Gasteiger partial charge in [-0.2, -0.15) is 0 Å². The molecule has 33 heavy (non-hydrogen) atoms. The van der Waals surface area contributed by atoms with Crippen LogP contribution in [0, 0.1) is 11.8 Å². The van der Waals surface area contributed by atoms with Crippen LogP contribution in [0.3, 0.4) is 0 Å². The van der Waals surface area contributed by atoms with Gasteiger partial charge in [-0.05, 0) is 42.9 Å². The number of aliphatic carboxylic acids is 1. The van der Waals surface area contributed by atoms with Gasteiger partial charge in [0.1, 0.15) is 18.1 Å². The molecule has 0 saturated heterocycles. The molecule has 9 nitrogen and oxygen atoms in total. The zero-order valence-electron chi connectivity index (χ0n) is 19.7. The highest BCUT2D eigenvalue weighted by molar-refractivity contribution is 6.30. The molecular weight excluding hydrogens is 448 g/mol. The topological polar surface area (TPSA) is 151 Å². The number of hydrogen-bond donors (Lipinski definition) is 5. The van der Waals surface area contributed by atoms with Crippen molar-refractivity contribution in [2.75, 3.05) is 0 Å². The summed E-state index contributed by atoms with van der Waals surface area (Å²) >= 11 is 5.88. The van der Waals surface area contributed by atoms with Crippen LogP contribution in [0.25, 0.3) is 0 Å². The molecule has 0 aromatic heterocycles. The smallest absolute Gasteiger partial charge is 0.325 e. The van der Waals surface area contributed by atoms with Crippen LogP contribution in [0.15, 0.2) is 24.3 Å². The molecule has 0 bridgehead atoms. The van der Waals surface area contributed by atoms with Crippen molar-refractivity contribution in [1.82, 2.24) is 16.0 Å². The minimum absolute atomic E-state index is 0.259. The molecule has 1 aromatic carbocycles. The van der Waals surface area contributed by atoms with Gasteiger partial charge in [0.15, 0.2) is 0 Å². The van der Waals surface area contributed by atoms with Crippen LogP contribution in [-0.2, 0) is 25.6 Å². The Morgan fingerprint density at radius 1 is 0.909 bits per heavy atom. The second kappa shape index (κ2) is 13.2. The lowest BCUT2D eigenvalue weighted by molar-refractivity contribution is -0.142. The number of nitrogens with two attached hydrogens (primary N) is 1. The van der Waals surface area contributed by atoms with Gasteiger partial charge >= 0.3 is 5.97 Å². The fourth-order valence-corrected chi connectivity index (χ4v) is 3.20. The molecule has 0 aliphatic rings. The third-order valence-corrected chi connectivity index (χ3v) is 5.73. The van der Waals surface area contributed by atoms with E-state index in [1.54, 1.807) is 45.0 Å². The van der Waals surface area contributed by atoms with Gasteiger partial charge in [0.05, 0.1) is 6.04 Å². The number of rotatable bonds is 12. The molecule has 0 aliphatic heterocycles. The number of carbonyl (C=O) groups is 4. The van der Waals surface area contributed by atoms with Crippen molar-refractivity contribution in [1.29, 1.82) is 0 Å². The lowest BCUT2D eigenvalue weighted by atomic mass is 9.96. The summed E-state index contributed by atoms with van der Waals surface area (Å²) in [5.41, 5.74) is 6.87. The van der Waals surface area contributed by atoms with Crippen LogP contribution >= 0.6 is 11.6 Å². The first-order chi connectivity index (χ1) is 15.4. The number of carbonyl (C=O) groups excluding carboxylic acids is 3. The maximum atomic E-state index is 13.0. The SMILES string of the molecule is CC[C@H](C)[C@H](NC(=O)[C@@H](NC(=O)[C@@H](N)Cc1ccc(Cl)cc1)C(C)C)C(=O)N[C@@H](C)C(=O)O. The van der Waals surface area contributed by atoms with Crippen LogP contribution < -0.4 is 21.7 Å². The molecule has 5 atom stereocenters. The molecule has 0 heterocycles. The van der Waals surface area contributed by atoms with Crippen LogP contribution in [-0.4, -0.2) is 53.0 Å². The maximum Gasteiger partial charge on any atom is 0.325 e. The standard InChI is InChI=1S/C23H35ClN4O5/c1-6-13(4)19(22(31)26-14(5)23(32)33)28-21(30)18(12(2)3)27-20(29)17(25)11-15-7-9-16(24)10-8-15/h7-10,12-14,17-19H,6,11,25H2,1-5H3,(H,26,31)(H,27,29)(H,28,30)(H,32,33)/t13-,14-,17-,18-,19-/m0/s1. The average Bonchev–Trinajstić information content (AvgIpc) is 2.75. The number of halogens is 1. The van der Waals surface area contributed by atoms with Crippen LogP contribution in [0.2, 0.25) is 5.02 Å². The van der Waals surface area contributed by atoms with E-state index in [0.29, 0.717) is 11.4 Å². The van der Waals surface area contributed by atoms with Crippen molar-refractivity contribution < 1.29 is 24.3 Å². The fourth-order valence-electron chi connectivity index (χ4n) is 3.07. The Balaban J connectivity index is 2.89. The summed E-state index contributed by atoms with van der Waals surface area (Å²) in [6.45, 7) is 8.51. The normalized spacial score (nSPS) is 15.6. The van der Waals surface area contributed by atoms with E-state index < -0.39 is 47.9 Å². The van der Waals surface area contributed by atoms with Crippen molar-refractivity contribution in [2.45, 2.75) is 71.6 Å². The summed E-state index contributed by atoms with van der Waals surface area (Å²) in [5.74, 6) is -3.36. The van der Waals surface area contributed by atoms with Crippen molar-refractivity contribution in [3.8, 4) is 0 Å². The number of benzene rings is 1. The number of carboxylic acids is 1. The van der Waals surface area contributed by atoms with Gasteiger partial charge in [0, 0.05) is 5.02 Å². The minimum Gasteiger partial charge on any atom is -0.480 e. The Hall–Kier alpha value is -2.65. The number of carboxylic acid groups (broad SMARTS) is 1. The van der Waals surface area contributed by atoms with E-state index >= 15 is 0 Å². The summed E-state index contributed by atoms with van der Waals surface area (Å²) in [5, 5.41) is 17.4. The van der Waals surface area contributed by atoms with Crippen LogP contribution in [0.4, 0.5) is 0 Å². The molecule has 0 unspecified atom stereocenters. The first-order valence-corrected chi connectivity index (χ1v) is 11.4. The Bertz CT molecular complexity index is 831. The molecule has 0 fully saturated rings. The van der Waals surface area contributed by atoms with Crippen molar-refractivity contribution in [3.05, 3.63) is 34.9 Å². The zero-order valence-corrected chi connectivity index (χ0v) is 20.5. The Morgan fingerprint density at radius 3 is 1.91 bits per heavy atom. The van der Waals surface area contributed by atoms with Gasteiger partial charge in [-0.15, -0.1) is 0 Å². The average molecular weight is 483 g/mol. The molecule has 0 radical (unpaired) electrons. The lowest BCUT2D eigenvalue weighted by Crippen LogP contribution is -2.59. The van der Waals surface area contributed by atoms with Crippen molar-refractivity contribution in [3.63, 3.8) is 0 Å². The largest absolute Gasteiger partial charge is 0.480 e. The molecule has 10 heteroatoms. The van der Waals surface area contributed by atoms with Gasteiger partial charge in [-0.1, -0.05) is 57.8 Å². The highest BCUT2D eigenvalue weighted by Crippen LogP contribution is 2.13. The third-order valence-electron chi connectivity index (χ3n) is 5.47. The zero-order chi connectivity index (χ0) is 25.3. The fraction of sp³-hybridized carbons (Fsp3) is 0.565. The Kier molecular flexibility index (Phi) is 11.3. The van der Waals surface area contributed by atoms with E-state index in [1.165, 1.54) is 6.92 Å². The molecule has 184 valence electrons. The van der Waals surface area contributed by atoms with Crippen molar-refractivity contribution in [2.24, 2.45) is 17.6 Å². The molecule has 3 amide bonds. The van der Waals surface area contributed by atoms with E-state index in [2.05, 4.69) is 16.0 Å². The molecule has 0 spiro atoms. The summed E-state index contributed by atoms with van der Waals surface area (Å²) in [6.07, 6.45) is 0.838. The van der Waals surface area contributed by atoms with E-state index in [9.17, 15) is 19.2 Å². The predicted molar refractivity (Wildman–Crippen MR) is 127 cm³/mol. The van der Waals surface area contributed by atoms with Gasteiger partial charge in [-0.3, -0.25) is 19.2 Å². The van der Waals surface area contributed by atoms with E-state index in [-0.39, 0.29) is 18.3 Å². The van der Waals surface area contributed by atoms with Crippen LogP contribution in [0.5, 0.6) is 0 Å². The third kappa shape index (κ3) is 9.01. The van der Waals surface area contributed by atoms with Gasteiger partial charge in [0.2, 0.25) is 17.7 Å². The van der Waals surface area contributed by atoms with E-state index in [4.69, 9.17) is 22.4 Å². The second-order valence-corrected chi connectivity index (χ2v) is 9.04. The first-order valence-electron chi connectivity index (χ1n) is 11.0. The highest BCUT2D eigenvalue weighted by atomic mass is 35.5. The molecule has 0 saturated carbocycles. The summed E-state index contributed by atoms with van der Waals surface area (Å²) < 4.78 is 0. The molecule has 1 rings (SSSR count). The summed E-state index contributed by atoms with van der Waals surface area (Å²) in [4.78, 5) is 49.4. The first kappa shape index (κ1) is 28.4. The molecular formula is C23H35ClN4O5. The monoisotopic (exact) mass is 482 g/mol. The molecule has 0 aliphatic carbocycles. The Morgan fingerprint density at radius 2 is 1.42 bits per heavy atom.